The normalized spacial score (nSPS) is 16.5. The molecule has 218 valence electrons. The molecule has 0 fully saturated rings. The van der Waals surface area contributed by atoms with Crippen molar-refractivity contribution >= 4 is 28.3 Å². The van der Waals surface area contributed by atoms with E-state index in [0.29, 0.717) is 35.3 Å². The van der Waals surface area contributed by atoms with Gasteiger partial charge < -0.3 is 19.7 Å². The number of aryl methyl sites for hydroxylation is 1. The fraction of sp³-hybridized carbons (Fsp3) is 0.333. The van der Waals surface area contributed by atoms with Crippen molar-refractivity contribution in [2.24, 2.45) is 5.92 Å². The Morgan fingerprint density at radius 2 is 1.69 bits per heavy atom. The molecule has 6 heteroatoms. The number of benzene rings is 3. The molecule has 6 nitrogen and oxygen atoms in total. The van der Waals surface area contributed by atoms with Crippen LogP contribution in [-0.4, -0.2) is 42.5 Å². The predicted octanol–water partition coefficient (Wildman–Crippen LogP) is 7.57. The molecule has 1 aromatic heterocycles. The second kappa shape index (κ2) is 12.8. The van der Waals surface area contributed by atoms with E-state index in [1.54, 1.807) is 0 Å². The number of Topliss-reactive ketones (excluding diaryl/α,β-unsaturated/α-hetero) is 1. The van der Waals surface area contributed by atoms with Crippen molar-refractivity contribution in [1.82, 2.24) is 5.32 Å². The number of hydrogen-bond donors (Lipinski definition) is 2. The lowest BCUT2D eigenvalue weighted by Gasteiger charge is -2.28. The second-order valence-electron chi connectivity index (χ2n) is 11.0. The van der Waals surface area contributed by atoms with Crippen LogP contribution in [0.2, 0.25) is 0 Å². The SMILES string of the molecule is CCC(=O)c1c(-c2ccc(C)cc2)oc2cc(N(CC)CC)c(-c3cccc(C(=O)N[C@H]4CC=CC[C@H]4CO)c3)cc12. The van der Waals surface area contributed by atoms with Crippen LogP contribution in [-0.2, 0) is 0 Å². The maximum atomic E-state index is 13.4. The van der Waals surface area contributed by atoms with Crippen molar-refractivity contribution in [3.05, 3.63) is 89.5 Å². The van der Waals surface area contributed by atoms with Gasteiger partial charge in [-0.1, -0.05) is 61.0 Å². The molecule has 2 N–H and O–H groups in total. The lowest BCUT2D eigenvalue weighted by Crippen LogP contribution is -2.42. The molecule has 5 rings (SSSR count). The van der Waals surface area contributed by atoms with Gasteiger partial charge in [-0.05, 0) is 57.4 Å². The van der Waals surface area contributed by atoms with Gasteiger partial charge in [-0.3, -0.25) is 9.59 Å². The molecular weight excluding hydrogens is 524 g/mol. The number of carbonyl (C=O) groups excluding carboxylic acids is 2. The highest BCUT2D eigenvalue weighted by atomic mass is 16.3. The summed E-state index contributed by atoms with van der Waals surface area (Å²) < 4.78 is 6.45. The van der Waals surface area contributed by atoms with E-state index in [4.69, 9.17) is 4.42 Å². The van der Waals surface area contributed by atoms with Gasteiger partial charge in [0.1, 0.15) is 11.3 Å². The van der Waals surface area contributed by atoms with Crippen molar-refractivity contribution in [2.45, 2.75) is 53.0 Å². The molecule has 0 spiro atoms. The van der Waals surface area contributed by atoms with Crippen LogP contribution >= 0.6 is 0 Å². The minimum absolute atomic E-state index is 0.0112. The van der Waals surface area contributed by atoms with E-state index in [0.717, 1.165) is 52.8 Å². The number of aliphatic hydroxyl groups is 1. The Bertz CT molecular complexity index is 1610. The average molecular weight is 565 g/mol. The molecule has 1 heterocycles. The molecule has 0 bridgehead atoms. The Labute approximate surface area is 248 Å². The average Bonchev–Trinajstić information content (AvgIpc) is 3.40. The summed E-state index contributed by atoms with van der Waals surface area (Å²) in [6.45, 7) is 9.76. The summed E-state index contributed by atoms with van der Waals surface area (Å²) in [5.41, 5.74) is 6.65. The highest BCUT2D eigenvalue weighted by Gasteiger charge is 2.26. The fourth-order valence-electron chi connectivity index (χ4n) is 5.88. The molecule has 1 amide bonds. The van der Waals surface area contributed by atoms with Gasteiger partial charge in [0, 0.05) is 71.9 Å². The van der Waals surface area contributed by atoms with Crippen LogP contribution in [0.15, 0.2) is 77.2 Å². The molecule has 0 saturated heterocycles. The van der Waals surface area contributed by atoms with Gasteiger partial charge in [0.05, 0.1) is 5.56 Å². The van der Waals surface area contributed by atoms with E-state index in [9.17, 15) is 14.7 Å². The number of allylic oxidation sites excluding steroid dienone is 1. The summed E-state index contributed by atoms with van der Waals surface area (Å²) in [5, 5.41) is 13.7. The van der Waals surface area contributed by atoms with Gasteiger partial charge in [-0.25, -0.2) is 0 Å². The molecule has 0 aliphatic heterocycles. The Balaban J connectivity index is 1.64. The van der Waals surface area contributed by atoms with Crippen LogP contribution in [0.3, 0.4) is 0 Å². The first-order chi connectivity index (χ1) is 20.4. The van der Waals surface area contributed by atoms with E-state index >= 15 is 0 Å². The van der Waals surface area contributed by atoms with Gasteiger partial charge in [0.2, 0.25) is 0 Å². The summed E-state index contributed by atoms with van der Waals surface area (Å²) >= 11 is 0. The maximum Gasteiger partial charge on any atom is 0.251 e. The first kappa shape index (κ1) is 29.3. The Kier molecular flexibility index (Phi) is 8.93. The summed E-state index contributed by atoms with van der Waals surface area (Å²) in [5.74, 6) is 0.469. The zero-order valence-corrected chi connectivity index (χ0v) is 24.9. The third kappa shape index (κ3) is 5.77. The molecule has 2 atom stereocenters. The van der Waals surface area contributed by atoms with Gasteiger partial charge in [0.15, 0.2) is 5.78 Å². The zero-order valence-electron chi connectivity index (χ0n) is 24.9. The zero-order chi connectivity index (χ0) is 29.8. The van der Waals surface area contributed by atoms with E-state index in [1.807, 2.05) is 68.4 Å². The standard InChI is InChI=1S/C36H40N2O4/c1-5-32(40)34-29-20-28(25-12-10-13-26(19-25)36(41)37-30-14-9-8-11-27(30)22-39)31(38(6-2)7-3)21-33(29)42-35(34)24-17-15-23(4)16-18-24/h8-10,12-13,15-21,27,30,39H,5-7,11,14,22H2,1-4H3,(H,37,41)/t27-,30-/m0/s1. The van der Waals surface area contributed by atoms with Crippen molar-refractivity contribution in [1.29, 1.82) is 0 Å². The third-order valence-electron chi connectivity index (χ3n) is 8.38. The van der Waals surface area contributed by atoms with E-state index in [1.165, 1.54) is 0 Å². The summed E-state index contributed by atoms with van der Waals surface area (Å²) in [4.78, 5) is 29.0. The van der Waals surface area contributed by atoms with Crippen LogP contribution in [0.1, 0.15) is 66.3 Å². The van der Waals surface area contributed by atoms with E-state index < -0.39 is 0 Å². The van der Waals surface area contributed by atoms with Crippen molar-refractivity contribution < 1.29 is 19.1 Å². The van der Waals surface area contributed by atoms with Crippen LogP contribution < -0.4 is 10.2 Å². The van der Waals surface area contributed by atoms with Crippen molar-refractivity contribution in [3.8, 4) is 22.5 Å². The summed E-state index contributed by atoms with van der Waals surface area (Å²) in [6.07, 6.45) is 5.94. The largest absolute Gasteiger partial charge is 0.455 e. The molecule has 1 aliphatic rings. The topological polar surface area (TPSA) is 82.8 Å². The van der Waals surface area contributed by atoms with Crippen LogP contribution in [0.25, 0.3) is 33.4 Å². The number of anilines is 1. The molecule has 0 radical (unpaired) electrons. The Morgan fingerprint density at radius 3 is 2.38 bits per heavy atom. The minimum atomic E-state index is -0.159. The quantitative estimate of drug-likeness (QED) is 0.153. The lowest BCUT2D eigenvalue weighted by atomic mass is 9.89. The molecule has 0 saturated carbocycles. The number of amides is 1. The Hall–Kier alpha value is -4.16. The highest BCUT2D eigenvalue weighted by molar-refractivity contribution is 6.13. The van der Waals surface area contributed by atoms with Crippen molar-refractivity contribution in [3.63, 3.8) is 0 Å². The first-order valence-electron chi connectivity index (χ1n) is 15.0. The van der Waals surface area contributed by atoms with Crippen LogP contribution in [0.4, 0.5) is 5.69 Å². The molecule has 0 unspecified atom stereocenters. The van der Waals surface area contributed by atoms with E-state index in [2.05, 4.69) is 42.3 Å². The summed E-state index contributed by atoms with van der Waals surface area (Å²) in [7, 11) is 0. The molecule has 42 heavy (non-hydrogen) atoms. The van der Waals surface area contributed by atoms with Crippen LogP contribution in [0, 0.1) is 12.8 Å². The predicted molar refractivity (Wildman–Crippen MR) is 170 cm³/mol. The molecular formula is C36H40N2O4. The van der Waals surface area contributed by atoms with Gasteiger partial charge in [0.25, 0.3) is 5.91 Å². The number of nitrogens with zero attached hydrogens (tertiary/aromatic N) is 1. The number of fused-ring (bicyclic) bond motifs is 1. The maximum absolute atomic E-state index is 13.4. The number of hydrogen-bond acceptors (Lipinski definition) is 5. The minimum Gasteiger partial charge on any atom is -0.455 e. The lowest BCUT2D eigenvalue weighted by molar-refractivity contribution is 0.0901. The fourth-order valence-corrected chi connectivity index (χ4v) is 5.88. The summed E-state index contributed by atoms with van der Waals surface area (Å²) in [6, 6.07) is 19.7. The van der Waals surface area contributed by atoms with Crippen molar-refractivity contribution in [2.75, 3.05) is 24.6 Å². The van der Waals surface area contributed by atoms with Gasteiger partial charge in [-0.15, -0.1) is 0 Å². The molecule has 4 aromatic rings. The van der Waals surface area contributed by atoms with E-state index in [-0.39, 0.29) is 30.3 Å². The molecule has 1 aliphatic carbocycles. The Morgan fingerprint density at radius 1 is 0.952 bits per heavy atom. The van der Waals surface area contributed by atoms with Crippen LogP contribution in [0.5, 0.6) is 0 Å². The van der Waals surface area contributed by atoms with Gasteiger partial charge in [-0.2, -0.15) is 0 Å². The molecule has 3 aromatic carbocycles. The smallest absolute Gasteiger partial charge is 0.251 e. The second-order valence-corrected chi connectivity index (χ2v) is 11.0. The number of aliphatic hydroxyl groups excluding tert-OH is 1. The number of ketones is 1. The first-order valence-corrected chi connectivity index (χ1v) is 15.0. The third-order valence-corrected chi connectivity index (χ3v) is 8.38. The number of nitrogens with one attached hydrogen (secondary N) is 1. The van der Waals surface area contributed by atoms with Gasteiger partial charge >= 0.3 is 0 Å². The number of rotatable bonds is 10. The highest BCUT2D eigenvalue weighted by Crippen LogP contribution is 2.41. The number of furan rings is 1. The number of carbonyl (C=O) groups is 2. The monoisotopic (exact) mass is 564 g/mol.